The van der Waals surface area contributed by atoms with E-state index in [-0.39, 0.29) is 0 Å². The van der Waals surface area contributed by atoms with Gasteiger partial charge in [0.05, 0.1) is 0 Å². The fourth-order valence-corrected chi connectivity index (χ4v) is 12.1. The zero-order valence-electron chi connectivity index (χ0n) is 33.4. The first-order chi connectivity index (χ1) is 30.7. The number of anilines is 3. The van der Waals surface area contributed by atoms with Gasteiger partial charge in [-0.2, -0.15) is 0 Å². The lowest BCUT2D eigenvalue weighted by Crippen LogP contribution is -2.09. The molecular weight excluding hydrogens is 791 g/mol. The molecule has 290 valence electrons. The molecular formula is C58H35NOS2. The number of nitrogens with zero attached hydrogens (tertiary/aromatic N) is 1. The molecule has 0 unspecified atom stereocenters. The van der Waals surface area contributed by atoms with Gasteiger partial charge in [-0.05, 0) is 105 Å². The van der Waals surface area contributed by atoms with Gasteiger partial charge in [0.2, 0.25) is 0 Å². The average molecular weight is 826 g/mol. The minimum Gasteiger partial charge on any atom is -0.456 e. The first-order valence-electron chi connectivity index (χ1n) is 21.0. The van der Waals surface area contributed by atoms with Crippen molar-refractivity contribution >= 4 is 113 Å². The number of furan rings is 1. The lowest BCUT2D eigenvalue weighted by Gasteiger charge is -2.26. The van der Waals surface area contributed by atoms with Crippen LogP contribution in [0.3, 0.4) is 0 Å². The quantitative estimate of drug-likeness (QED) is 0.166. The van der Waals surface area contributed by atoms with Gasteiger partial charge in [-0.15, -0.1) is 22.7 Å². The first-order valence-corrected chi connectivity index (χ1v) is 22.6. The molecule has 13 aromatic rings. The maximum absolute atomic E-state index is 6.82. The van der Waals surface area contributed by atoms with E-state index in [2.05, 4.69) is 217 Å². The molecule has 0 amide bonds. The number of hydrogen-bond donors (Lipinski definition) is 0. The smallest absolute Gasteiger partial charge is 0.137 e. The molecule has 0 fully saturated rings. The van der Waals surface area contributed by atoms with E-state index in [4.69, 9.17) is 4.42 Å². The normalized spacial score (nSPS) is 11.9. The molecule has 0 N–H and O–H groups in total. The van der Waals surface area contributed by atoms with Crippen molar-refractivity contribution in [2.24, 2.45) is 0 Å². The fourth-order valence-electron chi connectivity index (χ4n) is 9.51. The summed E-state index contributed by atoms with van der Waals surface area (Å²) in [6.07, 6.45) is 0. The molecule has 2 nitrogen and oxygen atoms in total. The van der Waals surface area contributed by atoms with E-state index in [0.717, 1.165) is 44.6 Å². The summed E-state index contributed by atoms with van der Waals surface area (Å²) >= 11 is 3.79. The standard InChI is InChI=1S/C58H35NOS2/c1-2-10-36(11-3-1)37-20-25-41(26-21-37)59(42-27-22-39(23-28-42)45-16-8-13-38-12-4-5-14-44(38)45)43-29-31-48-47-30-24-40(34-52(47)60-53(48)35-43)46-17-9-18-49-50-32-33-55-56(58(50)62-57(46)49)51-15-6-7-19-54(51)61-55/h1-35H. The SMILES string of the molecule is c1ccc(-c2ccc(N(c3ccc(-c4cccc5ccccc45)cc3)c3ccc4c(c3)oc3cc(-c5cccc6c5sc5c6ccc6sc7ccccc7c65)ccc34)cc2)cc1. The maximum atomic E-state index is 6.82. The van der Waals surface area contributed by atoms with Gasteiger partial charge in [0.25, 0.3) is 0 Å². The largest absolute Gasteiger partial charge is 0.456 e. The predicted octanol–water partition coefficient (Wildman–Crippen LogP) is 17.9. The third kappa shape index (κ3) is 5.61. The second kappa shape index (κ2) is 14.0. The van der Waals surface area contributed by atoms with Crippen molar-refractivity contribution in [3.63, 3.8) is 0 Å². The van der Waals surface area contributed by atoms with Gasteiger partial charge >= 0.3 is 0 Å². The summed E-state index contributed by atoms with van der Waals surface area (Å²) < 4.78 is 12.2. The van der Waals surface area contributed by atoms with Crippen molar-refractivity contribution in [3.8, 4) is 33.4 Å². The first kappa shape index (κ1) is 35.3. The van der Waals surface area contributed by atoms with Crippen LogP contribution in [0.15, 0.2) is 217 Å². The van der Waals surface area contributed by atoms with E-state index in [0.29, 0.717) is 0 Å². The van der Waals surface area contributed by atoms with Crippen LogP contribution in [0.4, 0.5) is 17.1 Å². The molecule has 3 heterocycles. The third-order valence-electron chi connectivity index (χ3n) is 12.5. The summed E-state index contributed by atoms with van der Waals surface area (Å²) in [7, 11) is 0. The van der Waals surface area contributed by atoms with Crippen molar-refractivity contribution in [1.29, 1.82) is 0 Å². The van der Waals surface area contributed by atoms with E-state index in [1.807, 2.05) is 22.7 Å². The summed E-state index contributed by atoms with van der Waals surface area (Å²) in [4.78, 5) is 2.33. The lowest BCUT2D eigenvalue weighted by molar-refractivity contribution is 0.669. The second-order valence-corrected chi connectivity index (χ2v) is 18.1. The number of benzene rings is 10. The topological polar surface area (TPSA) is 16.4 Å². The Kier molecular flexibility index (Phi) is 7.99. The zero-order chi connectivity index (χ0) is 40.7. The van der Waals surface area contributed by atoms with E-state index >= 15 is 0 Å². The monoisotopic (exact) mass is 825 g/mol. The predicted molar refractivity (Wildman–Crippen MR) is 268 cm³/mol. The van der Waals surface area contributed by atoms with Crippen LogP contribution in [0.1, 0.15) is 0 Å². The molecule has 13 rings (SSSR count). The van der Waals surface area contributed by atoms with Gasteiger partial charge in [-0.3, -0.25) is 0 Å². The Labute approximate surface area is 365 Å². The van der Waals surface area contributed by atoms with Crippen molar-refractivity contribution in [2.45, 2.75) is 0 Å². The highest BCUT2D eigenvalue weighted by Gasteiger charge is 2.19. The maximum Gasteiger partial charge on any atom is 0.137 e. The summed E-state index contributed by atoms with van der Waals surface area (Å²) in [5, 5.41) is 10.1. The van der Waals surface area contributed by atoms with E-state index in [1.54, 1.807) is 0 Å². The van der Waals surface area contributed by atoms with Crippen LogP contribution in [0, 0.1) is 0 Å². The Morgan fingerprint density at radius 2 is 0.903 bits per heavy atom. The van der Waals surface area contributed by atoms with Crippen molar-refractivity contribution in [2.75, 3.05) is 4.90 Å². The van der Waals surface area contributed by atoms with Crippen molar-refractivity contribution < 1.29 is 4.42 Å². The minimum atomic E-state index is 0.861. The van der Waals surface area contributed by atoms with Crippen LogP contribution in [-0.2, 0) is 0 Å². The van der Waals surface area contributed by atoms with E-state index < -0.39 is 0 Å². The summed E-state index contributed by atoms with van der Waals surface area (Å²) in [6.45, 7) is 0. The molecule has 4 heteroatoms. The van der Waals surface area contributed by atoms with Crippen LogP contribution < -0.4 is 4.90 Å². The Hall–Kier alpha value is -7.50. The molecule has 0 saturated heterocycles. The van der Waals surface area contributed by atoms with Gasteiger partial charge in [0.1, 0.15) is 11.2 Å². The van der Waals surface area contributed by atoms with Crippen LogP contribution in [0.5, 0.6) is 0 Å². The van der Waals surface area contributed by atoms with Crippen molar-refractivity contribution in [1.82, 2.24) is 0 Å². The Bertz CT molecular complexity index is 3850. The highest BCUT2D eigenvalue weighted by atomic mass is 32.1. The summed E-state index contributed by atoms with van der Waals surface area (Å²) in [6, 6.07) is 77.0. The molecule has 0 radical (unpaired) electrons. The molecule has 0 bridgehead atoms. The Balaban J connectivity index is 0.916. The van der Waals surface area contributed by atoms with Crippen LogP contribution in [0.25, 0.3) is 106 Å². The molecule has 0 aliphatic rings. The molecule has 0 saturated carbocycles. The van der Waals surface area contributed by atoms with Gasteiger partial charge in [0.15, 0.2) is 0 Å². The van der Waals surface area contributed by atoms with Gasteiger partial charge in [-0.25, -0.2) is 0 Å². The molecule has 3 aromatic heterocycles. The molecule has 10 aromatic carbocycles. The summed E-state index contributed by atoms with van der Waals surface area (Å²) in [5.41, 5.74) is 12.1. The Morgan fingerprint density at radius 1 is 0.323 bits per heavy atom. The molecule has 0 aliphatic carbocycles. The van der Waals surface area contributed by atoms with E-state index in [9.17, 15) is 0 Å². The van der Waals surface area contributed by atoms with Crippen LogP contribution in [-0.4, -0.2) is 0 Å². The molecule has 0 spiro atoms. The van der Waals surface area contributed by atoms with E-state index in [1.165, 1.54) is 78.9 Å². The van der Waals surface area contributed by atoms with Crippen LogP contribution in [0.2, 0.25) is 0 Å². The number of thiophene rings is 2. The Morgan fingerprint density at radius 3 is 1.74 bits per heavy atom. The third-order valence-corrected chi connectivity index (χ3v) is 14.9. The number of rotatable bonds is 6. The van der Waals surface area contributed by atoms with Crippen LogP contribution >= 0.6 is 22.7 Å². The lowest BCUT2D eigenvalue weighted by atomic mass is 9.98. The van der Waals surface area contributed by atoms with Gasteiger partial charge < -0.3 is 9.32 Å². The summed E-state index contributed by atoms with van der Waals surface area (Å²) in [5.74, 6) is 0. The molecule has 0 atom stereocenters. The highest BCUT2D eigenvalue weighted by Crippen LogP contribution is 2.47. The van der Waals surface area contributed by atoms with Crippen molar-refractivity contribution in [3.05, 3.63) is 212 Å². The fraction of sp³-hybridized carbons (Fsp3) is 0. The molecule has 62 heavy (non-hydrogen) atoms. The number of hydrogen-bond acceptors (Lipinski definition) is 4. The second-order valence-electron chi connectivity index (χ2n) is 16.0. The zero-order valence-corrected chi connectivity index (χ0v) is 35.0. The minimum absolute atomic E-state index is 0.861. The molecule has 0 aliphatic heterocycles. The number of fused-ring (bicyclic) bond motifs is 11. The average Bonchev–Trinajstić information content (AvgIpc) is 4.03. The van der Waals surface area contributed by atoms with Gasteiger partial charge in [0, 0.05) is 74.2 Å². The van der Waals surface area contributed by atoms with Gasteiger partial charge in [-0.1, -0.05) is 146 Å². The highest BCUT2D eigenvalue weighted by molar-refractivity contribution is 7.30.